The predicted octanol–water partition coefficient (Wildman–Crippen LogP) is 1.19. The van der Waals surface area contributed by atoms with Crippen molar-refractivity contribution in [3.05, 3.63) is 35.9 Å². The molecule has 0 aliphatic carbocycles. The van der Waals surface area contributed by atoms with Gasteiger partial charge in [-0.1, -0.05) is 30.3 Å². The van der Waals surface area contributed by atoms with Crippen LogP contribution in [0.15, 0.2) is 30.3 Å². The summed E-state index contributed by atoms with van der Waals surface area (Å²) >= 11 is 0. The van der Waals surface area contributed by atoms with Crippen molar-refractivity contribution in [3.63, 3.8) is 0 Å². The highest BCUT2D eigenvalue weighted by molar-refractivity contribution is 5.69. The number of likely N-dealkylation sites (N-methyl/N-ethyl adjacent to an activating group) is 1. The fraction of sp³-hybridized carbons (Fsp3) is 0.500. The van der Waals surface area contributed by atoms with Crippen LogP contribution in [0.3, 0.4) is 0 Å². The van der Waals surface area contributed by atoms with Crippen molar-refractivity contribution in [2.45, 2.75) is 19.1 Å². The van der Waals surface area contributed by atoms with Gasteiger partial charge >= 0.3 is 5.97 Å². The Bertz CT molecular complexity index is 370. The molecule has 0 aromatic heterocycles. The average Bonchev–Trinajstić information content (AvgIpc) is 2.25. The van der Waals surface area contributed by atoms with Crippen LogP contribution >= 0.6 is 0 Å². The molecule has 0 unspecified atom stereocenters. The van der Waals surface area contributed by atoms with Crippen molar-refractivity contribution in [2.75, 3.05) is 27.7 Å². The topological polar surface area (TPSA) is 46.5 Å². The number of benzene rings is 1. The Morgan fingerprint density at radius 1 is 1.28 bits per heavy atom. The second-order valence-corrected chi connectivity index (χ2v) is 5.48. The van der Waals surface area contributed by atoms with Gasteiger partial charge in [-0.15, -0.1) is 0 Å². The van der Waals surface area contributed by atoms with Crippen LogP contribution in [-0.4, -0.2) is 49.4 Å². The zero-order valence-corrected chi connectivity index (χ0v) is 11.3. The second-order valence-electron chi connectivity index (χ2n) is 5.48. The summed E-state index contributed by atoms with van der Waals surface area (Å²) in [5, 5.41) is 9.74. The van der Waals surface area contributed by atoms with Gasteiger partial charge in [-0.3, -0.25) is 4.79 Å². The molecule has 0 radical (unpaired) electrons. The zero-order valence-electron chi connectivity index (χ0n) is 11.3. The minimum absolute atomic E-state index is 0.0440. The Morgan fingerprint density at radius 2 is 1.89 bits per heavy atom. The first kappa shape index (κ1) is 14.7. The maximum Gasteiger partial charge on any atom is 0.308 e. The molecule has 1 aromatic carbocycles. The number of carbonyl (C=O) groups is 1. The number of rotatable bonds is 6. The van der Waals surface area contributed by atoms with Crippen molar-refractivity contribution in [3.8, 4) is 0 Å². The Hall–Kier alpha value is -1.39. The SMILES string of the molecule is C[N+](C)(C)C[C@H](O)CC(=O)OCc1ccccc1. The molecule has 0 fully saturated rings. The molecule has 0 saturated heterocycles. The van der Waals surface area contributed by atoms with Gasteiger partial charge in [-0.2, -0.15) is 0 Å². The Labute approximate surface area is 108 Å². The zero-order chi connectivity index (χ0) is 13.6. The van der Waals surface area contributed by atoms with Crippen LogP contribution in [0.2, 0.25) is 0 Å². The van der Waals surface area contributed by atoms with E-state index in [2.05, 4.69) is 0 Å². The van der Waals surface area contributed by atoms with Crippen molar-refractivity contribution in [2.24, 2.45) is 0 Å². The van der Waals surface area contributed by atoms with E-state index in [-0.39, 0.29) is 19.0 Å². The van der Waals surface area contributed by atoms with Gasteiger partial charge in [0.05, 0.1) is 27.6 Å². The molecule has 0 aliphatic rings. The van der Waals surface area contributed by atoms with Crippen LogP contribution in [-0.2, 0) is 16.1 Å². The fourth-order valence-corrected chi connectivity index (χ4v) is 1.69. The van der Waals surface area contributed by atoms with Crippen LogP contribution in [0.1, 0.15) is 12.0 Å². The highest BCUT2D eigenvalue weighted by atomic mass is 16.5. The molecule has 1 atom stereocenters. The van der Waals surface area contributed by atoms with E-state index in [0.29, 0.717) is 11.0 Å². The van der Waals surface area contributed by atoms with E-state index in [1.807, 2.05) is 51.5 Å². The van der Waals surface area contributed by atoms with E-state index in [9.17, 15) is 9.90 Å². The van der Waals surface area contributed by atoms with E-state index in [0.717, 1.165) is 5.56 Å². The summed E-state index contributed by atoms with van der Waals surface area (Å²) < 4.78 is 5.73. The highest BCUT2D eigenvalue weighted by Gasteiger charge is 2.19. The van der Waals surface area contributed by atoms with Crippen molar-refractivity contribution in [1.29, 1.82) is 0 Å². The first-order chi connectivity index (χ1) is 8.37. The highest BCUT2D eigenvalue weighted by Crippen LogP contribution is 2.04. The molecule has 0 heterocycles. The average molecular weight is 252 g/mol. The number of aliphatic hydroxyl groups is 1. The van der Waals surface area contributed by atoms with Gasteiger partial charge in [-0.25, -0.2) is 0 Å². The lowest BCUT2D eigenvalue weighted by Crippen LogP contribution is -2.42. The number of hydrogen-bond donors (Lipinski definition) is 1. The Kier molecular flexibility index (Phi) is 5.31. The number of aliphatic hydroxyl groups excluding tert-OH is 1. The van der Waals surface area contributed by atoms with Gasteiger partial charge in [0, 0.05) is 0 Å². The number of ether oxygens (including phenoxy) is 1. The summed E-state index contributed by atoms with van der Waals surface area (Å²) in [5.41, 5.74) is 0.951. The fourth-order valence-electron chi connectivity index (χ4n) is 1.69. The Balaban J connectivity index is 2.30. The van der Waals surface area contributed by atoms with Crippen molar-refractivity contribution < 1.29 is 19.1 Å². The predicted molar refractivity (Wildman–Crippen MR) is 69.8 cm³/mol. The van der Waals surface area contributed by atoms with Gasteiger partial charge in [0.1, 0.15) is 19.3 Å². The van der Waals surface area contributed by atoms with E-state index in [4.69, 9.17) is 4.74 Å². The van der Waals surface area contributed by atoms with Gasteiger partial charge in [-0.05, 0) is 5.56 Å². The minimum Gasteiger partial charge on any atom is -0.461 e. The number of nitrogens with zero attached hydrogens (tertiary/aromatic N) is 1. The molecule has 0 amide bonds. The van der Waals surface area contributed by atoms with E-state index in [1.54, 1.807) is 0 Å². The molecule has 1 rings (SSSR count). The van der Waals surface area contributed by atoms with Gasteiger partial charge in [0.15, 0.2) is 0 Å². The molecular formula is C14H22NO3+. The second kappa shape index (κ2) is 6.52. The number of hydrogen-bond acceptors (Lipinski definition) is 3. The van der Waals surface area contributed by atoms with Crippen LogP contribution in [0.5, 0.6) is 0 Å². The third-order valence-electron chi connectivity index (χ3n) is 2.40. The normalized spacial score (nSPS) is 13.1. The maximum atomic E-state index is 11.5. The summed E-state index contributed by atoms with van der Waals surface area (Å²) in [7, 11) is 5.91. The number of quaternary nitrogens is 1. The van der Waals surface area contributed by atoms with Gasteiger partial charge in [0.2, 0.25) is 0 Å². The third kappa shape index (κ3) is 6.37. The maximum absolute atomic E-state index is 11.5. The molecule has 0 saturated carbocycles. The van der Waals surface area contributed by atoms with Crippen LogP contribution in [0, 0.1) is 0 Å². The molecule has 100 valence electrons. The molecule has 0 aliphatic heterocycles. The van der Waals surface area contributed by atoms with Crippen molar-refractivity contribution in [1.82, 2.24) is 0 Å². The molecule has 1 aromatic rings. The molecular weight excluding hydrogens is 230 g/mol. The van der Waals surface area contributed by atoms with Gasteiger partial charge < -0.3 is 14.3 Å². The first-order valence-electron chi connectivity index (χ1n) is 6.05. The van der Waals surface area contributed by atoms with Crippen molar-refractivity contribution >= 4 is 5.97 Å². The summed E-state index contributed by atoms with van der Waals surface area (Å²) in [4.78, 5) is 11.5. The summed E-state index contributed by atoms with van der Waals surface area (Å²) in [5.74, 6) is -0.361. The number of esters is 1. The summed E-state index contributed by atoms with van der Waals surface area (Å²) in [6, 6.07) is 9.51. The lowest BCUT2D eigenvalue weighted by molar-refractivity contribution is -0.873. The largest absolute Gasteiger partial charge is 0.461 e. The molecule has 0 bridgehead atoms. The first-order valence-corrected chi connectivity index (χ1v) is 6.05. The molecule has 18 heavy (non-hydrogen) atoms. The standard InChI is InChI=1S/C14H22NO3/c1-15(2,3)10-13(16)9-14(17)18-11-12-7-5-4-6-8-12/h4-8,13,16H,9-11H2,1-3H3/q+1/t13-/m1/s1. The lowest BCUT2D eigenvalue weighted by Gasteiger charge is -2.26. The molecule has 4 heteroatoms. The van der Waals surface area contributed by atoms with E-state index in [1.165, 1.54) is 0 Å². The quantitative estimate of drug-likeness (QED) is 0.611. The molecule has 0 spiro atoms. The molecule has 1 N–H and O–H groups in total. The van der Waals surface area contributed by atoms with Crippen LogP contribution < -0.4 is 0 Å². The lowest BCUT2D eigenvalue weighted by atomic mass is 10.2. The minimum atomic E-state index is -0.659. The molecule has 4 nitrogen and oxygen atoms in total. The Morgan fingerprint density at radius 3 is 2.44 bits per heavy atom. The smallest absolute Gasteiger partial charge is 0.308 e. The van der Waals surface area contributed by atoms with Crippen LogP contribution in [0.4, 0.5) is 0 Å². The third-order valence-corrected chi connectivity index (χ3v) is 2.40. The number of carbonyl (C=O) groups excluding carboxylic acids is 1. The van der Waals surface area contributed by atoms with E-state index >= 15 is 0 Å². The summed E-state index contributed by atoms with van der Waals surface area (Å²) in [6.07, 6.45) is -0.615. The van der Waals surface area contributed by atoms with E-state index < -0.39 is 6.10 Å². The van der Waals surface area contributed by atoms with Crippen LogP contribution in [0.25, 0.3) is 0 Å². The summed E-state index contributed by atoms with van der Waals surface area (Å²) in [6.45, 7) is 0.789. The van der Waals surface area contributed by atoms with Gasteiger partial charge in [0.25, 0.3) is 0 Å². The monoisotopic (exact) mass is 252 g/mol.